The Bertz CT molecular complexity index is 478. The van der Waals surface area contributed by atoms with Crippen LogP contribution in [0.3, 0.4) is 0 Å². The molecule has 1 fully saturated rings. The van der Waals surface area contributed by atoms with Crippen molar-refractivity contribution in [2.75, 3.05) is 71.8 Å². The number of ether oxygens (including phenoxy) is 1. The summed E-state index contributed by atoms with van der Waals surface area (Å²) in [4.78, 5) is 6.93. The smallest absolute Gasteiger partial charge is 0.213 e. The second kappa shape index (κ2) is 12.5. The van der Waals surface area contributed by atoms with Gasteiger partial charge in [-0.15, -0.1) is 0 Å². The third kappa shape index (κ3) is 9.39. The van der Waals surface area contributed by atoms with Crippen LogP contribution in [0.5, 0.6) is 0 Å². The van der Waals surface area contributed by atoms with Crippen molar-refractivity contribution in [1.82, 2.24) is 19.8 Å². The van der Waals surface area contributed by atoms with Crippen LogP contribution in [0.1, 0.15) is 26.7 Å². The van der Waals surface area contributed by atoms with E-state index >= 15 is 0 Å². The zero-order chi connectivity index (χ0) is 18.5. The number of nitrogens with zero attached hydrogens (tertiary/aromatic N) is 3. The fourth-order valence-electron chi connectivity index (χ4n) is 2.52. The second-order valence-corrected chi connectivity index (χ2v) is 8.44. The maximum Gasteiger partial charge on any atom is 0.213 e. The Kier molecular flexibility index (Phi) is 11.0. The summed E-state index contributed by atoms with van der Waals surface area (Å²) < 4.78 is 30.1. The summed E-state index contributed by atoms with van der Waals surface area (Å²) in [6, 6.07) is 0. The molecule has 148 valence electrons. The minimum Gasteiger partial charge on any atom is -0.379 e. The Morgan fingerprint density at radius 2 is 1.92 bits per heavy atom. The molecule has 1 heterocycles. The molecule has 1 rings (SSSR count). The highest BCUT2D eigenvalue weighted by Crippen LogP contribution is 1.99. The summed E-state index contributed by atoms with van der Waals surface area (Å²) in [5.41, 5.74) is 0. The summed E-state index contributed by atoms with van der Waals surface area (Å²) in [7, 11) is -1.47. The number of hydrogen-bond donors (Lipinski definition) is 2. The van der Waals surface area contributed by atoms with Gasteiger partial charge in [0.15, 0.2) is 5.96 Å². The molecule has 0 radical (unpaired) electrons. The summed E-state index contributed by atoms with van der Waals surface area (Å²) in [6.45, 7) is 11.2. The highest BCUT2D eigenvalue weighted by atomic mass is 32.2. The van der Waals surface area contributed by atoms with Crippen molar-refractivity contribution in [1.29, 1.82) is 0 Å². The molecule has 0 spiro atoms. The third-order valence-corrected chi connectivity index (χ3v) is 5.99. The van der Waals surface area contributed by atoms with Crippen molar-refractivity contribution in [3.8, 4) is 0 Å². The van der Waals surface area contributed by atoms with Crippen LogP contribution in [0.4, 0.5) is 0 Å². The van der Waals surface area contributed by atoms with Crippen molar-refractivity contribution in [3.05, 3.63) is 0 Å². The molecule has 0 aromatic heterocycles. The van der Waals surface area contributed by atoms with Crippen LogP contribution in [0.15, 0.2) is 4.99 Å². The predicted octanol–water partition coefficient (Wildman–Crippen LogP) is -0.0646. The van der Waals surface area contributed by atoms with Gasteiger partial charge in [-0.25, -0.2) is 12.7 Å². The highest BCUT2D eigenvalue weighted by molar-refractivity contribution is 7.89. The molecule has 0 aliphatic carbocycles. The van der Waals surface area contributed by atoms with Crippen LogP contribution in [0.2, 0.25) is 0 Å². The zero-order valence-corrected chi connectivity index (χ0v) is 16.8. The van der Waals surface area contributed by atoms with Gasteiger partial charge >= 0.3 is 0 Å². The maximum absolute atomic E-state index is 11.7. The van der Waals surface area contributed by atoms with Crippen LogP contribution in [0, 0.1) is 0 Å². The highest BCUT2D eigenvalue weighted by Gasteiger charge is 2.13. The molecular formula is C16H35N5O3S. The van der Waals surface area contributed by atoms with E-state index in [1.165, 1.54) is 4.31 Å². The van der Waals surface area contributed by atoms with Gasteiger partial charge in [0.25, 0.3) is 0 Å². The average Bonchev–Trinajstić information content (AvgIpc) is 2.62. The summed E-state index contributed by atoms with van der Waals surface area (Å²) >= 11 is 0. The standard InChI is InChI=1S/C16H35N5O3S/c1-4-17-16(18-8-6-10-20(3)25(22,23)5-2)19-9-7-11-21-12-14-24-15-13-21/h4-15H2,1-3H3,(H2,17,18,19). The van der Waals surface area contributed by atoms with Crippen LogP contribution in [-0.4, -0.2) is 95.4 Å². The Morgan fingerprint density at radius 3 is 2.56 bits per heavy atom. The molecule has 2 N–H and O–H groups in total. The van der Waals surface area contributed by atoms with Gasteiger partial charge in [0, 0.05) is 46.3 Å². The summed E-state index contributed by atoms with van der Waals surface area (Å²) in [5.74, 6) is 0.936. The molecule has 25 heavy (non-hydrogen) atoms. The number of hydrogen-bond acceptors (Lipinski definition) is 5. The van der Waals surface area contributed by atoms with Gasteiger partial charge in [-0.1, -0.05) is 0 Å². The Balaban J connectivity index is 2.23. The lowest BCUT2D eigenvalue weighted by Gasteiger charge is -2.26. The molecule has 9 heteroatoms. The number of aliphatic imine (C=N–C) groups is 1. The van der Waals surface area contributed by atoms with E-state index < -0.39 is 10.0 Å². The van der Waals surface area contributed by atoms with E-state index in [0.29, 0.717) is 19.5 Å². The number of sulfonamides is 1. The zero-order valence-electron chi connectivity index (χ0n) is 16.0. The Hall–Kier alpha value is -0.900. The molecule has 0 aromatic carbocycles. The first-order valence-corrected chi connectivity index (χ1v) is 10.9. The normalized spacial score (nSPS) is 17.0. The topological polar surface area (TPSA) is 86.3 Å². The Morgan fingerprint density at radius 1 is 1.20 bits per heavy atom. The van der Waals surface area contributed by atoms with Crippen molar-refractivity contribution >= 4 is 16.0 Å². The fraction of sp³-hybridized carbons (Fsp3) is 0.938. The van der Waals surface area contributed by atoms with Crippen LogP contribution < -0.4 is 10.6 Å². The van der Waals surface area contributed by atoms with Crippen molar-refractivity contribution in [2.24, 2.45) is 4.99 Å². The van der Waals surface area contributed by atoms with Crippen LogP contribution >= 0.6 is 0 Å². The molecule has 1 aliphatic heterocycles. The third-order valence-electron chi connectivity index (χ3n) is 4.13. The van der Waals surface area contributed by atoms with E-state index in [9.17, 15) is 8.42 Å². The van der Waals surface area contributed by atoms with Crippen LogP contribution in [0.25, 0.3) is 0 Å². The van der Waals surface area contributed by atoms with E-state index in [2.05, 4.69) is 20.5 Å². The van der Waals surface area contributed by atoms with E-state index in [1.807, 2.05) is 6.92 Å². The lowest BCUT2D eigenvalue weighted by Crippen LogP contribution is -2.40. The number of guanidine groups is 1. The SMILES string of the molecule is CCNC(=NCCCN(C)S(=O)(=O)CC)NCCCN1CCOCC1. The van der Waals surface area contributed by atoms with Crippen molar-refractivity contribution < 1.29 is 13.2 Å². The largest absolute Gasteiger partial charge is 0.379 e. The first kappa shape index (κ1) is 22.1. The quantitative estimate of drug-likeness (QED) is 0.298. The van der Waals surface area contributed by atoms with Crippen molar-refractivity contribution in [2.45, 2.75) is 26.7 Å². The van der Waals surface area contributed by atoms with E-state index in [1.54, 1.807) is 14.0 Å². The monoisotopic (exact) mass is 377 g/mol. The number of nitrogens with one attached hydrogen (secondary N) is 2. The maximum atomic E-state index is 11.7. The van der Waals surface area contributed by atoms with Gasteiger partial charge < -0.3 is 15.4 Å². The molecule has 0 saturated carbocycles. The molecule has 0 atom stereocenters. The fourth-order valence-corrected chi connectivity index (χ4v) is 3.37. The molecule has 1 aliphatic rings. The van der Waals surface area contributed by atoms with Gasteiger partial charge in [0.05, 0.1) is 19.0 Å². The van der Waals surface area contributed by atoms with Gasteiger partial charge in [-0.2, -0.15) is 0 Å². The molecule has 0 amide bonds. The first-order chi connectivity index (χ1) is 12.0. The second-order valence-electron chi connectivity index (χ2n) is 6.07. The lowest BCUT2D eigenvalue weighted by molar-refractivity contribution is 0.0376. The molecule has 0 unspecified atom stereocenters. The molecule has 8 nitrogen and oxygen atoms in total. The minimum atomic E-state index is -3.10. The number of morpholine rings is 1. The molecular weight excluding hydrogens is 342 g/mol. The van der Waals surface area contributed by atoms with Gasteiger partial charge in [0.1, 0.15) is 0 Å². The minimum absolute atomic E-state index is 0.139. The molecule has 0 aromatic rings. The van der Waals surface area contributed by atoms with E-state index in [0.717, 1.165) is 58.3 Å². The predicted molar refractivity (Wildman–Crippen MR) is 103 cm³/mol. The lowest BCUT2D eigenvalue weighted by atomic mass is 10.3. The average molecular weight is 378 g/mol. The first-order valence-electron chi connectivity index (χ1n) is 9.26. The van der Waals surface area contributed by atoms with Gasteiger partial charge in [-0.3, -0.25) is 9.89 Å². The molecule has 0 bridgehead atoms. The Labute approximate surface area is 153 Å². The summed E-state index contributed by atoms with van der Waals surface area (Å²) in [6.07, 6.45) is 1.77. The molecule has 1 saturated heterocycles. The van der Waals surface area contributed by atoms with Crippen molar-refractivity contribution in [3.63, 3.8) is 0 Å². The van der Waals surface area contributed by atoms with Gasteiger partial charge in [0.2, 0.25) is 10.0 Å². The van der Waals surface area contributed by atoms with Crippen LogP contribution in [-0.2, 0) is 14.8 Å². The van der Waals surface area contributed by atoms with Gasteiger partial charge in [-0.05, 0) is 33.2 Å². The summed E-state index contributed by atoms with van der Waals surface area (Å²) in [5, 5.41) is 6.56. The van der Waals surface area contributed by atoms with E-state index in [4.69, 9.17) is 4.74 Å². The van der Waals surface area contributed by atoms with E-state index in [-0.39, 0.29) is 5.75 Å². The number of rotatable bonds is 11.